The SMILES string of the molecule is Cc1cc(-c2n[nH]c3cc(NC(=O)NCc4cn[nH]c4)ncc23)ccn1. The molecule has 4 heterocycles. The van der Waals surface area contributed by atoms with Crippen LogP contribution in [0.15, 0.2) is 43.0 Å². The van der Waals surface area contributed by atoms with E-state index in [9.17, 15) is 4.79 Å². The van der Waals surface area contributed by atoms with Gasteiger partial charge in [-0.05, 0) is 19.1 Å². The first-order valence-corrected chi connectivity index (χ1v) is 7.99. The van der Waals surface area contributed by atoms with Crippen LogP contribution in [0.2, 0.25) is 0 Å². The molecule has 0 fully saturated rings. The number of aromatic amines is 2. The maximum Gasteiger partial charge on any atom is 0.320 e. The molecule has 0 bridgehead atoms. The fraction of sp³-hybridized carbons (Fsp3) is 0.118. The van der Waals surface area contributed by atoms with Gasteiger partial charge in [0.1, 0.15) is 11.5 Å². The Morgan fingerprint density at radius 3 is 2.96 bits per heavy atom. The zero-order chi connectivity index (χ0) is 17.9. The Morgan fingerprint density at radius 1 is 1.23 bits per heavy atom. The maximum atomic E-state index is 12.0. The van der Waals surface area contributed by atoms with Crippen molar-refractivity contribution in [2.75, 3.05) is 5.32 Å². The highest BCUT2D eigenvalue weighted by molar-refractivity contribution is 5.95. The van der Waals surface area contributed by atoms with E-state index in [-0.39, 0.29) is 6.03 Å². The van der Waals surface area contributed by atoms with Crippen LogP contribution in [0.1, 0.15) is 11.3 Å². The van der Waals surface area contributed by atoms with E-state index in [4.69, 9.17) is 0 Å². The number of amides is 2. The first-order chi connectivity index (χ1) is 12.7. The van der Waals surface area contributed by atoms with Gasteiger partial charge in [0.25, 0.3) is 0 Å². The van der Waals surface area contributed by atoms with Crippen molar-refractivity contribution in [3.05, 3.63) is 54.2 Å². The Balaban J connectivity index is 1.50. The fourth-order valence-electron chi connectivity index (χ4n) is 2.61. The van der Waals surface area contributed by atoms with Crippen LogP contribution in [0.25, 0.3) is 22.2 Å². The number of anilines is 1. The zero-order valence-electron chi connectivity index (χ0n) is 13.9. The standard InChI is InChI=1S/C17H16N8O/c1-10-4-12(2-3-18-10)16-13-9-19-15(5-14(13)24-25-16)23-17(26)20-6-11-7-21-22-8-11/h2-5,7-9H,6H2,1H3,(H,21,22)(H,24,25)(H2,19,20,23,26). The molecule has 0 atom stereocenters. The molecule has 0 saturated carbocycles. The normalized spacial score (nSPS) is 10.8. The Labute approximate surface area is 148 Å². The minimum absolute atomic E-state index is 0.345. The number of pyridine rings is 2. The van der Waals surface area contributed by atoms with Crippen LogP contribution in [0.3, 0.4) is 0 Å². The summed E-state index contributed by atoms with van der Waals surface area (Å²) in [5.41, 5.74) is 4.35. The lowest BCUT2D eigenvalue weighted by molar-refractivity contribution is 0.251. The minimum Gasteiger partial charge on any atom is -0.334 e. The molecule has 0 aliphatic heterocycles. The first-order valence-electron chi connectivity index (χ1n) is 7.99. The number of carbonyl (C=O) groups excluding carboxylic acids is 1. The van der Waals surface area contributed by atoms with Crippen molar-refractivity contribution in [1.82, 2.24) is 35.7 Å². The van der Waals surface area contributed by atoms with E-state index in [1.807, 2.05) is 19.1 Å². The summed E-state index contributed by atoms with van der Waals surface area (Å²) in [4.78, 5) is 20.5. The quantitative estimate of drug-likeness (QED) is 0.451. The smallest absolute Gasteiger partial charge is 0.320 e. The van der Waals surface area contributed by atoms with Crippen molar-refractivity contribution < 1.29 is 4.79 Å². The van der Waals surface area contributed by atoms with E-state index in [2.05, 4.69) is 41.0 Å². The molecule has 0 aliphatic rings. The van der Waals surface area contributed by atoms with Gasteiger partial charge in [-0.25, -0.2) is 9.78 Å². The third-order valence-corrected chi connectivity index (χ3v) is 3.87. The molecule has 2 amide bonds. The molecule has 130 valence electrons. The van der Waals surface area contributed by atoms with E-state index >= 15 is 0 Å². The third-order valence-electron chi connectivity index (χ3n) is 3.87. The van der Waals surface area contributed by atoms with Gasteiger partial charge in [-0.15, -0.1) is 0 Å². The molecular weight excluding hydrogens is 332 g/mol. The summed E-state index contributed by atoms with van der Waals surface area (Å²) in [7, 11) is 0. The van der Waals surface area contributed by atoms with Crippen molar-refractivity contribution in [2.24, 2.45) is 0 Å². The highest BCUT2D eigenvalue weighted by atomic mass is 16.2. The number of fused-ring (bicyclic) bond motifs is 1. The topological polar surface area (TPSA) is 124 Å². The predicted octanol–water partition coefficient (Wildman–Crippen LogP) is 2.37. The van der Waals surface area contributed by atoms with Gasteiger partial charge in [0.15, 0.2) is 0 Å². The second kappa shape index (κ2) is 6.63. The average molecular weight is 348 g/mol. The van der Waals surface area contributed by atoms with Gasteiger partial charge in [-0.1, -0.05) is 0 Å². The predicted molar refractivity (Wildman–Crippen MR) is 96.3 cm³/mol. The van der Waals surface area contributed by atoms with Crippen molar-refractivity contribution in [1.29, 1.82) is 0 Å². The van der Waals surface area contributed by atoms with E-state index in [1.165, 1.54) is 0 Å². The maximum absolute atomic E-state index is 12.0. The van der Waals surface area contributed by atoms with E-state index < -0.39 is 0 Å². The molecule has 0 saturated heterocycles. The first kappa shape index (κ1) is 15.8. The van der Waals surface area contributed by atoms with Crippen LogP contribution in [-0.4, -0.2) is 36.4 Å². The summed E-state index contributed by atoms with van der Waals surface area (Å²) in [6.45, 7) is 2.31. The summed E-state index contributed by atoms with van der Waals surface area (Å²) >= 11 is 0. The third kappa shape index (κ3) is 3.22. The number of rotatable bonds is 4. The van der Waals surface area contributed by atoms with Gasteiger partial charge in [-0.2, -0.15) is 10.2 Å². The number of aromatic nitrogens is 6. The molecule has 0 aliphatic carbocycles. The van der Waals surface area contributed by atoms with E-state index in [1.54, 1.807) is 30.9 Å². The summed E-state index contributed by atoms with van der Waals surface area (Å²) in [5, 5.41) is 20.2. The van der Waals surface area contributed by atoms with Crippen molar-refractivity contribution in [3.63, 3.8) is 0 Å². The molecule has 0 unspecified atom stereocenters. The average Bonchev–Trinajstić information content (AvgIpc) is 3.29. The fourth-order valence-corrected chi connectivity index (χ4v) is 2.61. The number of carbonyl (C=O) groups is 1. The van der Waals surface area contributed by atoms with Crippen LogP contribution in [-0.2, 0) is 6.54 Å². The largest absolute Gasteiger partial charge is 0.334 e. The van der Waals surface area contributed by atoms with E-state index in [0.29, 0.717) is 12.4 Å². The Kier molecular flexibility index (Phi) is 4.02. The van der Waals surface area contributed by atoms with Crippen LogP contribution in [0.4, 0.5) is 10.6 Å². The highest BCUT2D eigenvalue weighted by Crippen LogP contribution is 2.26. The van der Waals surface area contributed by atoms with Crippen LogP contribution in [0.5, 0.6) is 0 Å². The summed E-state index contributed by atoms with van der Waals surface area (Å²) < 4.78 is 0. The van der Waals surface area contributed by atoms with Gasteiger partial charge in [0.05, 0.1) is 11.7 Å². The number of H-pyrrole nitrogens is 2. The molecule has 4 N–H and O–H groups in total. The molecule has 26 heavy (non-hydrogen) atoms. The number of urea groups is 1. The molecule has 0 spiro atoms. The molecule has 4 aromatic rings. The summed E-state index contributed by atoms with van der Waals surface area (Å²) in [6, 6.07) is 5.27. The van der Waals surface area contributed by atoms with Gasteiger partial charge in [0, 0.05) is 53.4 Å². The Hall–Kier alpha value is -3.75. The molecule has 4 rings (SSSR count). The summed E-state index contributed by atoms with van der Waals surface area (Å²) in [5.74, 6) is 0.434. The van der Waals surface area contributed by atoms with Gasteiger partial charge in [0.2, 0.25) is 0 Å². The number of nitrogens with one attached hydrogen (secondary N) is 4. The minimum atomic E-state index is -0.345. The molecule has 0 radical (unpaired) electrons. The summed E-state index contributed by atoms with van der Waals surface area (Å²) in [6.07, 6.45) is 6.81. The Morgan fingerprint density at radius 2 is 2.15 bits per heavy atom. The number of hydrogen-bond donors (Lipinski definition) is 4. The molecule has 4 aromatic heterocycles. The molecular formula is C17H16N8O. The number of hydrogen-bond acceptors (Lipinski definition) is 5. The van der Waals surface area contributed by atoms with E-state index in [0.717, 1.165) is 33.4 Å². The lowest BCUT2D eigenvalue weighted by Crippen LogP contribution is -2.28. The van der Waals surface area contributed by atoms with Gasteiger partial charge < -0.3 is 5.32 Å². The zero-order valence-corrected chi connectivity index (χ0v) is 13.9. The van der Waals surface area contributed by atoms with Crippen molar-refractivity contribution >= 4 is 22.8 Å². The van der Waals surface area contributed by atoms with Crippen LogP contribution < -0.4 is 10.6 Å². The lowest BCUT2D eigenvalue weighted by atomic mass is 10.1. The number of aryl methyl sites for hydroxylation is 1. The van der Waals surface area contributed by atoms with Crippen LogP contribution in [0, 0.1) is 6.92 Å². The van der Waals surface area contributed by atoms with Crippen LogP contribution >= 0.6 is 0 Å². The van der Waals surface area contributed by atoms with Crippen molar-refractivity contribution in [2.45, 2.75) is 13.5 Å². The number of nitrogens with zero attached hydrogens (tertiary/aromatic N) is 4. The lowest BCUT2D eigenvalue weighted by Gasteiger charge is -2.06. The second-order valence-electron chi connectivity index (χ2n) is 5.79. The molecule has 0 aromatic carbocycles. The monoisotopic (exact) mass is 348 g/mol. The van der Waals surface area contributed by atoms with Gasteiger partial charge in [-0.3, -0.25) is 20.5 Å². The van der Waals surface area contributed by atoms with Gasteiger partial charge >= 0.3 is 6.03 Å². The Bertz CT molecular complexity index is 1050. The molecule has 9 heteroatoms. The highest BCUT2D eigenvalue weighted by Gasteiger charge is 2.11. The molecule has 9 nitrogen and oxygen atoms in total. The second-order valence-corrected chi connectivity index (χ2v) is 5.79. The van der Waals surface area contributed by atoms with Crippen molar-refractivity contribution in [3.8, 4) is 11.3 Å².